The number of aromatic carboxylic acids is 1. The number of ether oxygens (including phenoxy) is 1. The SMILES string of the molecule is Cc1cc2oc(-c3ccc(Cl)cc3)c(OCc3cccc(C(=O)O)c3)c(=O)c2cc1C. The summed E-state index contributed by atoms with van der Waals surface area (Å²) in [6.07, 6.45) is 0. The molecule has 156 valence electrons. The topological polar surface area (TPSA) is 76.7 Å². The second kappa shape index (κ2) is 8.28. The van der Waals surface area contributed by atoms with Crippen LogP contribution in [0.1, 0.15) is 27.0 Å². The van der Waals surface area contributed by atoms with Crippen LogP contribution in [0.4, 0.5) is 0 Å². The number of hydrogen-bond donors (Lipinski definition) is 1. The average molecular weight is 435 g/mol. The van der Waals surface area contributed by atoms with Crippen molar-refractivity contribution in [3.63, 3.8) is 0 Å². The Kier molecular flexibility index (Phi) is 5.53. The van der Waals surface area contributed by atoms with Gasteiger partial charge in [-0.15, -0.1) is 0 Å². The zero-order valence-corrected chi connectivity index (χ0v) is 17.7. The Morgan fingerprint density at radius 2 is 1.74 bits per heavy atom. The standard InChI is InChI=1S/C25H19ClO5/c1-14-10-20-21(11-15(14)2)31-23(17-6-8-19(26)9-7-17)24(22(20)27)30-13-16-4-3-5-18(12-16)25(28)29/h3-12H,13H2,1-2H3,(H,28,29). The molecule has 4 aromatic rings. The maximum atomic E-state index is 13.3. The fourth-order valence-electron chi connectivity index (χ4n) is 3.31. The van der Waals surface area contributed by atoms with E-state index < -0.39 is 5.97 Å². The van der Waals surface area contributed by atoms with E-state index in [0.717, 1.165) is 11.1 Å². The first-order chi connectivity index (χ1) is 14.8. The van der Waals surface area contributed by atoms with Crippen LogP contribution in [0.15, 0.2) is 69.9 Å². The number of carbonyl (C=O) groups is 1. The van der Waals surface area contributed by atoms with Crippen molar-refractivity contribution in [1.82, 2.24) is 0 Å². The molecular weight excluding hydrogens is 416 g/mol. The maximum Gasteiger partial charge on any atom is 0.335 e. The van der Waals surface area contributed by atoms with Gasteiger partial charge in [0.05, 0.1) is 10.9 Å². The van der Waals surface area contributed by atoms with E-state index in [2.05, 4.69) is 0 Å². The summed E-state index contributed by atoms with van der Waals surface area (Å²) in [5, 5.41) is 10.2. The number of carboxylic acids is 1. The van der Waals surface area contributed by atoms with Crippen molar-refractivity contribution in [2.24, 2.45) is 0 Å². The summed E-state index contributed by atoms with van der Waals surface area (Å²) in [5.74, 6) is -0.662. The van der Waals surface area contributed by atoms with Gasteiger partial charge in [-0.05, 0) is 79.1 Å². The number of fused-ring (bicyclic) bond motifs is 1. The molecule has 0 aliphatic carbocycles. The summed E-state index contributed by atoms with van der Waals surface area (Å²) >= 11 is 6.01. The van der Waals surface area contributed by atoms with Crippen LogP contribution in [-0.2, 0) is 6.61 Å². The Bertz CT molecular complexity index is 1350. The number of carboxylic acid groups (broad SMARTS) is 1. The molecule has 0 spiro atoms. The molecule has 1 heterocycles. The minimum atomic E-state index is -1.03. The quantitative estimate of drug-likeness (QED) is 0.416. The Morgan fingerprint density at radius 1 is 1.03 bits per heavy atom. The lowest BCUT2D eigenvalue weighted by atomic mass is 10.0. The minimum Gasteiger partial charge on any atom is -0.481 e. The molecule has 0 bridgehead atoms. The van der Waals surface area contributed by atoms with Crippen LogP contribution >= 0.6 is 11.6 Å². The van der Waals surface area contributed by atoms with Gasteiger partial charge in [-0.25, -0.2) is 4.79 Å². The highest BCUT2D eigenvalue weighted by molar-refractivity contribution is 6.30. The van der Waals surface area contributed by atoms with E-state index >= 15 is 0 Å². The van der Waals surface area contributed by atoms with E-state index in [-0.39, 0.29) is 23.3 Å². The van der Waals surface area contributed by atoms with Crippen LogP contribution in [0.5, 0.6) is 5.75 Å². The second-order valence-corrected chi connectivity index (χ2v) is 7.76. The predicted molar refractivity (Wildman–Crippen MR) is 120 cm³/mol. The molecule has 0 radical (unpaired) electrons. The summed E-state index contributed by atoms with van der Waals surface area (Å²) < 4.78 is 12.0. The number of aryl methyl sites for hydroxylation is 2. The molecule has 0 atom stereocenters. The van der Waals surface area contributed by atoms with E-state index in [1.54, 1.807) is 42.5 Å². The molecule has 31 heavy (non-hydrogen) atoms. The van der Waals surface area contributed by atoms with Gasteiger partial charge in [-0.2, -0.15) is 0 Å². The van der Waals surface area contributed by atoms with E-state index in [9.17, 15) is 14.7 Å². The highest BCUT2D eigenvalue weighted by Crippen LogP contribution is 2.33. The van der Waals surface area contributed by atoms with Gasteiger partial charge in [-0.3, -0.25) is 4.79 Å². The van der Waals surface area contributed by atoms with Crippen LogP contribution in [0.25, 0.3) is 22.3 Å². The summed E-state index contributed by atoms with van der Waals surface area (Å²) in [6, 6.07) is 17.0. The van der Waals surface area contributed by atoms with Gasteiger partial charge in [0.2, 0.25) is 11.2 Å². The molecule has 0 saturated carbocycles. The van der Waals surface area contributed by atoms with E-state index in [1.165, 1.54) is 12.1 Å². The molecule has 6 heteroatoms. The molecular formula is C25H19ClO5. The first-order valence-corrected chi connectivity index (χ1v) is 10.0. The zero-order chi connectivity index (χ0) is 22.1. The van der Waals surface area contributed by atoms with Gasteiger partial charge in [0.1, 0.15) is 12.2 Å². The third-order valence-electron chi connectivity index (χ3n) is 5.13. The first-order valence-electron chi connectivity index (χ1n) is 9.62. The number of rotatable bonds is 5. The van der Waals surface area contributed by atoms with Crippen molar-refractivity contribution in [3.05, 3.63) is 98.2 Å². The van der Waals surface area contributed by atoms with Crippen LogP contribution < -0.4 is 10.2 Å². The predicted octanol–water partition coefficient (Wildman–Crippen LogP) is 6.01. The van der Waals surface area contributed by atoms with Crippen molar-refractivity contribution >= 4 is 28.5 Å². The largest absolute Gasteiger partial charge is 0.481 e. The van der Waals surface area contributed by atoms with Crippen LogP contribution in [0.3, 0.4) is 0 Å². The normalized spacial score (nSPS) is 10.9. The molecule has 1 aromatic heterocycles. The summed E-state index contributed by atoms with van der Waals surface area (Å²) in [4.78, 5) is 24.6. The minimum absolute atomic E-state index is 0.0167. The van der Waals surface area contributed by atoms with Crippen LogP contribution in [0.2, 0.25) is 5.02 Å². The molecule has 4 rings (SSSR count). The fourth-order valence-corrected chi connectivity index (χ4v) is 3.43. The molecule has 1 N–H and O–H groups in total. The Balaban J connectivity index is 1.84. The van der Waals surface area contributed by atoms with E-state index in [0.29, 0.717) is 32.9 Å². The molecule has 0 saturated heterocycles. The summed E-state index contributed by atoms with van der Waals surface area (Å²) in [5.41, 5.74) is 3.59. The summed E-state index contributed by atoms with van der Waals surface area (Å²) in [6.45, 7) is 3.90. The van der Waals surface area contributed by atoms with Crippen molar-refractivity contribution in [2.75, 3.05) is 0 Å². The van der Waals surface area contributed by atoms with Crippen molar-refractivity contribution in [1.29, 1.82) is 0 Å². The Morgan fingerprint density at radius 3 is 2.45 bits per heavy atom. The third-order valence-corrected chi connectivity index (χ3v) is 5.38. The van der Waals surface area contributed by atoms with E-state index in [1.807, 2.05) is 19.9 Å². The van der Waals surface area contributed by atoms with Gasteiger partial charge in [-0.1, -0.05) is 23.7 Å². The maximum absolute atomic E-state index is 13.3. The highest BCUT2D eigenvalue weighted by atomic mass is 35.5. The molecule has 5 nitrogen and oxygen atoms in total. The van der Waals surface area contributed by atoms with Crippen molar-refractivity contribution < 1.29 is 19.1 Å². The molecule has 0 aliphatic rings. The molecule has 3 aromatic carbocycles. The Labute approximate surface area is 183 Å². The van der Waals surface area contributed by atoms with Gasteiger partial charge in [0, 0.05) is 10.6 Å². The first kappa shape index (κ1) is 20.7. The van der Waals surface area contributed by atoms with Crippen molar-refractivity contribution in [3.8, 4) is 17.1 Å². The number of benzene rings is 3. The lowest BCUT2D eigenvalue weighted by Gasteiger charge is -2.13. The van der Waals surface area contributed by atoms with E-state index in [4.69, 9.17) is 20.8 Å². The third kappa shape index (κ3) is 4.18. The van der Waals surface area contributed by atoms with Crippen LogP contribution in [0, 0.1) is 13.8 Å². The second-order valence-electron chi connectivity index (χ2n) is 7.32. The van der Waals surface area contributed by atoms with Gasteiger partial charge in [0.15, 0.2) is 5.76 Å². The monoisotopic (exact) mass is 434 g/mol. The lowest BCUT2D eigenvalue weighted by molar-refractivity contribution is 0.0696. The van der Waals surface area contributed by atoms with Gasteiger partial charge < -0.3 is 14.3 Å². The lowest BCUT2D eigenvalue weighted by Crippen LogP contribution is -2.11. The smallest absolute Gasteiger partial charge is 0.335 e. The molecule has 0 amide bonds. The summed E-state index contributed by atoms with van der Waals surface area (Å²) in [7, 11) is 0. The van der Waals surface area contributed by atoms with Gasteiger partial charge in [0.25, 0.3) is 0 Å². The number of halogens is 1. The van der Waals surface area contributed by atoms with Crippen LogP contribution in [-0.4, -0.2) is 11.1 Å². The zero-order valence-electron chi connectivity index (χ0n) is 16.9. The van der Waals surface area contributed by atoms with Gasteiger partial charge >= 0.3 is 5.97 Å². The average Bonchev–Trinajstić information content (AvgIpc) is 2.75. The molecule has 0 unspecified atom stereocenters. The molecule has 0 fully saturated rings. The Hall–Kier alpha value is -3.57. The fraction of sp³-hybridized carbons (Fsp3) is 0.120. The highest BCUT2D eigenvalue weighted by Gasteiger charge is 2.19. The molecule has 0 aliphatic heterocycles. The number of hydrogen-bond acceptors (Lipinski definition) is 4. The van der Waals surface area contributed by atoms with Crippen molar-refractivity contribution in [2.45, 2.75) is 20.5 Å².